The highest BCUT2D eigenvalue weighted by molar-refractivity contribution is 4.91. The molecule has 2 N–H and O–H groups in total. The highest BCUT2D eigenvalue weighted by Crippen LogP contribution is 2.32. The van der Waals surface area contributed by atoms with Crippen LogP contribution in [0.15, 0.2) is 0 Å². The van der Waals surface area contributed by atoms with Gasteiger partial charge in [-0.2, -0.15) is 0 Å². The fraction of sp³-hybridized carbons (Fsp3) is 1.00. The van der Waals surface area contributed by atoms with E-state index in [-0.39, 0.29) is 12.1 Å². The SMILES string of the molecule is CN(CC1(O)CCCC1)[C@@H]1CCC[C@H]1O. The Morgan fingerprint density at radius 3 is 2.40 bits per heavy atom. The van der Waals surface area contributed by atoms with Gasteiger partial charge in [0.25, 0.3) is 0 Å². The standard InChI is InChI=1S/C12H23NO2/c1-13(10-5-4-6-11(10)14)9-12(15)7-2-3-8-12/h10-11,14-15H,2-9H2,1H3/t10-,11-/m1/s1. The third-order valence-electron chi connectivity index (χ3n) is 4.09. The van der Waals surface area contributed by atoms with Crippen molar-refractivity contribution in [2.45, 2.75) is 62.7 Å². The van der Waals surface area contributed by atoms with Gasteiger partial charge in [-0.25, -0.2) is 0 Å². The minimum absolute atomic E-state index is 0.181. The van der Waals surface area contributed by atoms with Crippen LogP contribution in [0.25, 0.3) is 0 Å². The van der Waals surface area contributed by atoms with Gasteiger partial charge in [0.1, 0.15) is 0 Å². The molecule has 0 aromatic rings. The van der Waals surface area contributed by atoms with Crippen LogP contribution in [0.4, 0.5) is 0 Å². The summed E-state index contributed by atoms with van der Waals surface area (Å²) in [5.74, 6) is 0. The van der Waals surface area contributed by atoms with Gasteiger partial charge >= 0.3 is 0 Å². The molecule has 0 aromatic heterocycles. The normalized spacial score (nSPS) is 35.2. The van der Waals surface area contributed by atoms with E-state index in [0.717, 1.165) is 51.5 Å². The van der Waals surface area contributed by atoms with Crippen molar-refractivity contribution >= 4 is 0 Å². The first-order chi connectivity index (χ1) is 7.11. The summed E-state index contributed by atoms with van der Waals surface area (Å²) in [6.45, 7) is 0.731. The summed E-state index contributed by atoms with van der Waals surface area (Å²) in [5, 5.41) is 20.1. The van der Waals surface area contributed by atoms with Crippen LogP contribution in [-0.2, 0) is 0 Å². The van der Waals surface area contributed by atoms with Crippen LogP contribution in [0.5, 0.6) is 0 Å². The molecule has 3 nitrogen and oxygen atoms in total. The molecular weight excluding hydrogens is 190 g/mol. The third-order valence-corrected chi connectivity index (χ3v) is 4.09. The number of hydrogen-bond donors (Lipinski definition) is 2. The van der Waals surface area contributed by atoms with Gasteiger partial charge < -0.3 is 10.2 Å². The van der Waals surface area contributed by atoms with Crippen molar-refractivity contribution in [3.63, 3.8) is 0 Å². The van der Waals surface area contributed by atoms with E-state index < -0.39 is 5.60 Å². The van der Waals surface area contributed by atoms with E-state index in [9.17, 15) is 10.2 Å². The summed E-state index contributed by atoms with van der Waals surface area (Å²) in [4.78, 5) is 2.17. The predicted molar refractivity (Wildman–Crippen MR) is 59.7 cm³/mol. The summed E-state index contributed by atoms with van der Waals surface area (Å²) in [6, 6.07) is 0.273. The maximum absolute atomic E-state index is 10.3. The zero-order valence-electron chi connectivity index (χ0n) is 9.65. The Balaban J connectivity index is 1.88. The van der Waals surface area contributed by atoms with Crippen molar-refractivity contribution in [3.05, 3.63) is 0 Å². The Morgan fingerprint density at radius 2 is 1.87 bits per heavy atom. The first-order valence-electron chi connectivity index (χ1n) is 6.21. The van der Waals surface area contributed by atoms with Crippen LogP contribution in [0.3, 0.4) is 0 Å². The number of aliphatic hydroxyl groups excluding tert-OH is 1. The lowest BCUT2D eigenvalue weighted by molar-refractivity contribution is -0.0112. The van der Waals surface area contributed by atoms with Gasteiger partial charge in [0.2, 0.25) is 0 Å². The van der Waals surface area contributed by atoms with Gasteiger partial charge in [0, 0.05) is 12.6 Å². The van der Waals surface area contributed by atoms with Crippen molar-refractivity contribution in [3.8, 4) is 0 Å². The molecule has 0 aromatic carbocycles. The first-order valence-corrected chi connectivity index (χ1v) is 6.21. The molecule has 2 aliphatic carbocycles. The fourth-order valence-electron chi connectivity index (χ4n) is 3.21. The minimum Gasteiger partial charge on any atom is -0.391 e. The topological polar surface area (TPSA) is 43.7 Å². The Hall–Kier alpha value is -0.120. The van der Waals surface area contributed by atoms with Crippen LogP contribution in [-0.4, -0.2) is 46.5 Å². The lowest BCUT2D eigenvalue weighted by Gasteiger charge is -2.33. The maximum atomic E-state index is 10.3. The molecule has 2 fully saturated rings. The summed E-state index contributed by atoms with van der Waals surface area (Å²) in [5.41, 5.74) is -0.475. The minimum atomic E-state index is -0.475. The lowest BCUT2D eigenvalue weighted by atomic mass is 10.0. The fourth-order valence-corrected chi connectivity index (χ4v) is 3.21. The molecule has 0 spiro atoms. The second-order valence-corrected chi connectivity index (χ2v) is 5.41. The number of hydrogen-bond acceptors (Lipinski definition) is 3. The van der Waals surface area contributed by atoms with E-state index in [1.54, 1.807) is 0 Å². The Morgan fingerprint density at radius 1 is 1.20 bits per heavy atom. The van der Waals surface area contributed by atoms with Crippen LogP contribution < -0.4 is 0 Å². The van der Waals surface area contributed by atoms with E-state index in [2.05, 4.69) is 4.90 Å². The summed E-state index contributed by atoms with van der Waals surface area (Å²) < 4.78 is 0. The van der Waals surface area contributed by atoms with E-state index in [1.165, 1.54) is 0 Å². The second kappa shape index (κ2) is 4.40. The molecule has 0 saturated heterocycles. The molecule has 2 saturated carbocycles. The second-order valence-electron chi connectivity index (χ2n) is 5.41. The van der Waals surface area contributed by atoms with Crippen LogP contribution in [0.2, 0.25) is 0 Å². The number of nitrogens with zero attached hydrogens (tertiary/aromatic N) is 1. The van der Waals surface area contributed by atoms with Crippen molar-refractivity contribution < 1.29 is 10.2 Å². The van der Waals surface area contributed by atoms with Gasteiger partial charge in [-0.05, 0) is 39.2 Å². The summed E-state index contributed by atoms with van der Waals surface area (Å²) in [6.07, 6.45) is 7.10. The first kappa shape index (κ1) is 11.4. The number of aliphatic hydroxyl groups is 2. The monoisotopic (exact) mass is 213 g/mol. The van der Waals surface area contributed by atoms with Crippen molar-refractivity contribution in [1.82, 2.24) is 4.90 Å². The summed E-state index contributed by atoms with van der Waals surface area (Å²) >= 11 is 0. The molecule has 2 aliphatic rings. The third kappa shape index (κ3) is 2.52. The molecule has 0 unspecified atom stereocenters. The zero-order chi connectivity index (χ0) is 10.9. The van der Waals surface area contributed by atoms with Crippen molar-refractivity contribution in [1.29, 1.82) is 0 Å². The molecule has 2 rings (SSSR count). The van der Waals surface area contributed by atoms with E-state index >= 15 is 0 Å². The average Bonchev–Trinajstić information content (AvgIpc) is 2.74. The number of rotatable bonds is 3. The van der Waals surface area contributed by atoms with Gasteiger partial charge in [0.15, 0.2) is 0 Å². The Labute approximate surface area is 92.1 Å². The molecule has 0 bridgehead atoms. The molecule has 2 atom stereocenters. The van der Waals surface area contributed by atoms with Gasteiger partial charge in [0.05, 0.1) is 11.7 Å². The van der Waals surface area contributed by atoms with Gasteiger partial charge in [-0.3, -0.25) is 4.90 Å². The quantitative estimate of drug-likeness (QED) is 0.739. The molecule has 88 valence electrons. The molecule has 0 amide bonds. The van der Waals surface area contributed by atoms with Crippen molar-refractivity contribution in [2.75, 3.05) is 13.6 Å². The average molecular weight is 213 g/mol. The Bertz CT molecular complexity index is 214. The molecule has 15 heavy (non-hydrogen) atoms. The number of likely N-dealkylation sites (N-methyl/N-ethyl adjacent to an activating group) is 1. The molecule has 3 heteroatoms. The lowest BCUT2D eigenvalue weighted by Crippen LogP contribution is -2.46. The molecular formula is C12H23NO2. The van der Waals surface area contributed by atoms with Crippen LogP contribution in [0.1, 0.15) is 44.9 Å². The summed E-state index contributed by atoms with van der Waals surface area (Å²) in [7, 11) is 2.04. The highest BCUT2D eigenvalue weighted by atomic mass is 16.3. The molecule has 0 radical (unpaired) electrons. The largest absolute Gasteiger partial charge is 0.391 e. The predicted octanol–water partition coefficient (Wildman–Crippen LogP) is 1.14. The van der Waals surface area contributed by atoms with Crippen molar-refractivity contribution in [2.24, 2.45) is 0 Å². The van der Waals surface area contributed by atoms with E-state index in [0.29, 0.717) is 0 Å². The zero-order valence-corrected chi connectivity index (χ0v) is 9.65. The van der Waals surface area contributed by atoms with Crippen LogP contribution >= 0.6 is 0 Å². The van der Waals surface area contributed by atoms with E-state index in [1.807, 2.05) is 7.05 Å². The van der Waals surface area contributed by atoms with Gasteiger partial charge in [-0.1, -0.05) is 12.8 Å². The van der Waals surface area contributed by atoms with Crippen LogP contribution in [0, 0.1) is 0 Å². The maximum Gasteiger partial charge on any atom is 0.0774 e. The smallest absolute Gasteiger partial charge is 0.0774 e. The molecule has 0 aliphatic heterocycles. The highest BCUT2D eigenvalue weighted by Gasteiger charge is 2.36. The Kier molecular flexibility index (Phi) is 3.33. The molecule has 0 heterocycles. The van der Waals surface area contributed by atoms with E-state index in [4.69, 9.17) is 0 Å². The van der Waals surface area contributed by atoms with Gasteiger partial charge in [-0.15, -0.1) is 0 Å².